The molecule has 0 radical (unpaired) electrons. The van der Waals surface area contributed by atoms with E-state index in [0.717, 1.165) is 16.6 Å². The predicted octanol–water partition coefficient (Wildman–Crippen LogP) is 2.30. The van der Waals surface area contributed by atoms with Crippen LogP contribution in [0.5, 0.6) is 0 Å². The molecule has 0 saturated heterocycles. The van der Waals surface area contributed by atoms with E-state index in [9.17, 15) is 8.78 Å². The zero-order chi connectivity index (χ0) is 10.8. The number of alkyl halides is 2. The van der Waals surface area contributed by atoms with Gasteiger partial charge in [-0.3, -0.25) is 0 Å². The lowest BCUT2D eigenvalue weighted by Gasteiger charge is -2.07. The van der Waals surface area contributed by atoms with Gasteiger partial charge in [0.2, 0.25) is 0 Å². The largest absolute Gasteiger partial charge is 0.358 e. The highest BCUT2D eigenvalue weighted by atomic mass is 19.3. The van der Waals surface area contributed by atoms with Gasteiger partial charge in [-0.15, -0.1) is 0 Å². The van der Waals surface area contributed by atoms with Crippen molar-refractivity contribution in [3.8, 4) is 0 Å². The van der Waals surface area contributed by atoms with Gasteiger partial charge < -0.3 is 10.7 Å². The molecule has 0 saturated carbocycles. The fraction of sp³-hybridized carbons (Fsp3) is 0.273. The summed E-state index contributed by atoms with van der Waals surface area (Å²) in [6.45, 7) is 0. The van der Waals surface area contributed by atoms with Crippen molar-refractivity contribution in [3.05, 3.63) is 36.0 Å². The Kier molecular flexibility index (Phi) is 2.68. The Labute approximate surface area is 86.1 Å². The van der Waals surface area contributed by atoms with Gasteiger partial charge in [0.25, 0.3) is 6.43 Å². The Hall–Kier alpha value is -1.42. The summed E-state index contributed by atoms with van der Waals surface area (Å²) in [5, 5.41) is 1.02. The molecule has 0 aliphatic carbocycles. The second-order valence-corrected chi connectivity index (χ2v) is 3.58. The molecule has 3 N–H and O–H groups in total. The Morgan fingerprint density at radius 3 is 2.67 bits per heavy atom. The maximum absolute atomic E-state index is 12.2. The smallest absolute Gasteiger partial charge is 0.253 e. The van der Waals surface area contributed by atoms with Gasteiger partial charge in [-0.1, -0.05) is 18.2 Å². The maximum atomic E-state index is 12.2. The molecule has 0 aliphatic rings. The summed E-state index contributed by atoms with van der Waals surface area (Å²) < 4.78 is 24.5. The highest BCUT2D eigenvalue weighted by Crippen LogP contribution is 2.16. The van der Waals surface area contributed by atoms with Crippen LogP contribution in [-0.2, 0) is 6.42 Å². The first kappa shape index (κ1) is 10.1. The Balaban J connectivity index is 2.22. The number of aromatic amines is 1. The zero-order valence-electron chi connectivity index (χ0n) is 8.08. The van der Waals surface area contributed by atoms with Crippen molar-refractivity contribution in [2.75, 3.05) is 0 Å². The summed E-state index contributed by atoms with van der Waals surface area (Å²) in [5.41, 5.74) is 7.01. The van der Waals surface area contributed by atoms with Crippen LogP contribution in [0.25, 0.3) is 10.9 Å². The van der Waals surface area contributed by atoms with E-state index in [2.05, 4.69) is 4.98 Å². The minimum absolute atomic E-state index is 0.173. The number of H-pyrrole nitrogens is 1. The number of nitrogens with one attached hydrogen (secondary N) is 1. The number of para-hydroxylation sites is 1. The first-order valence-electron chi connectivity index (χ1n) is 4.77. The number of halogens is 2. The fourth-order valence-corrected chi connectivity index (χ4v) is 1.59. The van der Waals surface area contributed by atoms with Crippen LogP contribution in [0.15, 0.2) is 30.3 Å². The predicted molar refractivity (Wildman–Crippen MR) is 56.0 cm³/mol. The van der Waals surface area contributed by atoms with Gasteiger partial charge in [-0.25, -0.2) is 8.78 Å². The molecule has 0 aliphatic heterocycles. The third kappa shape index (κ3) is 2.15. The van der Waals surface area contributed by atoms with Crippen LogP contribution in [-0.4, -0.2) is 17.5 Å². The molecular formula is C11H12F2N2. The third-order valence-electron chi connectivity index (χ3n) is 2.37. The third-order valence-corrected chi connectivity index (χ3v) is 2.37. The van der Waals surface area contributed by atoms with E-state index in [0.29, 0.717) is 0 Å². The van der Waals surface area contributed by atoms with E-state index >= 15 is 0 Å². The van der Waals surface area contributed by atoms with Gasteiger partial charge in [-0.2, -0.15) is 0 Å². The van der Waals surface area contributed by atoms with Gasteiger partial charge in [0, 0.05) is 17.6 Å². The Bertz CT molecular complexity index is 418. The van der Waals surface area contributed by atoms with Gasteiger partial charge >= 0.3 is 0 Å². The molecule has 0 amide bonds. The summed E-state index contributed by atoms with van der Waals surface area (Å²) in [4.78, 5) is 3.07. The molecule has 1 aromatic carbocycles. The molecule has 0 bridgehead atoms. The Morgan fingerprint density at radius 1 is 1.27 bits per heavy atom. The highest BCUT2D eigenvalue weighted by Gasteiger charge is 2.16. The van der Waals surface area contributed by atoms with Crippen LogP contribution in [0.3, 0.4) is 0 Å². The number of rotatable bonds is 3. The molecule has 1 unspecified atom stereocenters. The van der Waals surface area contributed by atoms with Crippen molar-refractivity contribution >= 4 is 10.9 Å². The number of hydrogen-bond donors (Lipinski definition) is 2. The second-order valence-electron chi connectivity index (χ2n) is 3.58. The average Bonchev–Trinajstić information content (AvgIpc) is 2.59. The number of benzene rings is 1. The molecular weight excluding hydrogens is 198 g/mol. The maximum Gasteiger partial charge on any atom is 0.253 e. The van der Waals surface area contributed by atoms with Crippen LogP contribution < -0.4 is 5.73 Å². The van der Waals surface area contributed by atoms with E-state index < -0.39 is 12.5 Å². The van der Waals surface area contributed by atoms with Crippen LogP contribution >= 0.6 is 0 Å². The van der Waals surface area contributed by atoms with Crippen molar-refractivity contribution in [2.45, 2.75) is 18.9 Å². The van der Waals surface area contributed by atoms with Crippen molar-refractivity contribution in [1.29, 1.82) is 0 Å². The van der Waals surface area contributed by atoms with Crippen LogP contribution in [0, 0.1) is 0 Å². The molecule has 1 aromatic heterocycles. The van der Waals surface area contributed by atoms with Crippen LogP contribution in [0.4, 0.5) is 8.78 Å². The lowest BCUT2D eigenvalue weighted by molar-refractivity contribution is 0.115. The molecule has 0 fully saturated rings. The van der Waals surface area contributed by atoms with Crippen LogP contribution in [0.1, 0.15) is 5.69 Å². The highest BCUT2D eigenvalue weighted by molar-refractivity contribution is 5.80. The van der Waals surface area contributed by atoms with Crippen molar-refractivity contribution in [1.82, 2.24) is 4.98 Å². The SMILES string of the molecule is NC(Cc1cc2ccccc2[nH]1)C(F)F. The number of fused-ring (bicyclic) bond motifs is 1. The van der Waals surface area contributed by atoms with Crippen molar-refractivity contribution in [2.24, 2.45) is 5.73 Å². The molecule has 2 aromatic rings. The molecule has 80 valence electrons. The summed E-state index contributed by atoms with van der Waals surface area (Å²) in [5.74, 6) is 0. The monoisotopic (exact) mass is 210 g/mol. The molecule has 1 heterocycles. The van der Waals surface area contributed by atoms with Crippen molar-refractivity contribution < 1.29 is 8.78 Å². The Morgan fingerprint density at radius 2 is 2.00 bits per heavy atom. The van der Waals surface area contributed by atoms with Crippen molar-refractivity contribution in [3.63, 3.8) is 0 Å². The second kappa shape index (κ2) is 3.98. The molecule has 1 atom stereocenters. The first-order valence-corrected chi connectivity index (χ1v) is 4.77. The lowest BCUT2D eigenvalue weighted by Crippen LogP contribution is -2.30. The topological polar surface area (TPSA) is 41.8 Å². The molecule has 0 spiro atoms. The summed E-state index contributed by atoms with van der Waals surface area (Å²) >= 11 is 0. The molecule has 15 heavy (non-hydrogen) atoms. The van der Waals surface area contributed by atoms with Gasteiger partial charge in [0.15, 0.2) is 0 Å². The van der Waals surface area contributed by atoms with Gasteiger partial charge in [0.1, 0.15) is 0 Å². The van der Waals surface area contributed by atoms with Gasteiger partial charge in [-0.05, 0) is 17.5 Å². The van der Waals surface area contributed by atoms with Crippen LogP contribution in [0.2, 0.25) is 0 Å². The van der Waals surface area contributed by atoms with E-state index in [1.165, 1.54) is 0 Å². The first-order chi connectivity index (χ1) is 7.16. The quantitative estimate of drug-likeness (QED) is 0.801. The average molecular weight is 210 g/mol. The molecule has 2 rings (SSSR count). The van der Waals surface area contributed by atoms with E-state index in [-0.39, 0.29) is 6.42 Å². The summed E-state index contributed by atoms with van der Waals surface area (Å²) in [7, 11) is 0. The normalized spacial score (nSPS) is 13.6. The molecule has 2 nitrogen and oxygen atoms in total. The van der Waals surface area contributed by atoms with E-state index in [1.54, 1.807) is 0 Å². The number of aromatic nitrogens is 1. The van der Waals surface area contributed by atoms with E-state index in [4.69, 9.17) is 5.73 Å². The fourth-order valence-electron chi connectivity index (χ4n) is 1.59. The lowest BCUT2D eigenvalue weighted by atomic mass is 10.1. The minimum atomic E-state index is -2.48. The molecule has 4 heteroatoms. The van der Waals surface area contributed by atoms with Gasteiger partial charge in [0.05, 0.1) is 6.04 Å². The standard InChI is InChI=1S/C11H12F2N2/c12-11(13)9(14)6-8-5-7-3-1-2-4-10(7)15-8/h1-5,9,11,15H,6,14H2. The minimum Gasteiger partial charge on any atom is -0.358 e. The van der Waals surface area contributed by atoms with E-state index in [1.807, 2.05) is 30.3 Å². The summed E-state index contributed by atoms with van der Waals surface area (Å²) in [6.07, 6.45) is -2.30. The zero-order valence-corrected chi connectivity index (χ0v) is 8.08. The number of hydrogen-bond acceptors (Lipinski definition) is 1. The summed E-state index contributed by atoms with van der Waals surface area (Å²) in [6, 6.07) is 8.41. The number of nitrogens with two attached hydrogens (primary N) is 1.